The summed E-state index contributed by atoms with van der Waals surface area (Å²) in [5, 5.41) is 7.70. The predicted molar refractivity (Wildman–Crippen MR) is 178 cm³/mol. The van der Waals surface area contributed by atoms with Crippen LogP contribution in [0, 0.1) is 6.57 Å². The molecular formula is C37H20N2S2. The van der Waals surface area contributed by atoms with E-state index in [4.69, 9.17) is 6.57 Å². The third-order valence-electron chi connectivity index (χ3n) is 8.22. The minimum atomic E-state index is 0.645. The summed E-state index contributed by atoms with van der Waals surface area (Å²) >= 11 is 3.77. The van der Waals surface area contributed by atoms with Crippen molar-refractivity contribution in [2.24, 2.45) is 0 Å². The number of hydrogen-bond acceptors (Lipinski definition) is 2. The van der Waals surface area contributed by atoms with E-state index < -0.39 is 0 Å². The Balaban J connectivity index is 1.33. The lowest BCUT2D eigenvalue weighted by molar-refractivity contribution is 1.18. The zero-order valence-corrected chi connectivity index (χ0v) is 23.4. The minimum absolute atomic E-state index is 0.645. The van der Waals surface area contributed by atoms with Gasteiger partial charge in [-0.1, -0.05) is 78.9 Å². The van der Waals surface area contributed by atoms with Crippen molar-refractivity contribution in [3.05, 3.63) is 133 Å². The lowest BCUT2D eigenvalue weighted by atomic mass is 10.00. The van der Waals surface area contributed by atoms with Crippen molar-refractivity contribution in [2.45, 2.75) is 0 Å². The molecule has 0 bridgehead atoms. The highest BCUT2D eigenvalue weighted by atomic mass is 32.1. The van der Waals surface area contributed by atoms with Crippen molar-refractivity contribution >= 4 is 90.5 Å². The number of hydrogen-bond donors (Lipinski definition) is 0. The highest BCUT2D eigenvalue weighted by Gasteiger charge is 2.18. The first-order chi connectivity index (χ1) is 20.3. The molecule has 3 heterocycles. The van der Waals surface area contributed by atoms with Gasteiger partial charge in [-0.2, -0.15) is 0 Å². The average Bonchev–Trinajstić information content (AvgIpc) is 3.70. The Morgan fingerprint density at radius 2 is 1.12 bits per heavy atom. The lowest BCUT2D eigenvalue weighted by Gasteiger charge is -2.15. The van der Waals surface area contributed by atoms with Crippen LogP contribution in [0.15, 0.2) is 121 Å². The Labute approximate surface area is 243 Å². The van der Waals surface area contributed by atoms with E-state index in [2.05, 4.69) is 119 Å². The SMILES string of the molecule is [C-]#[N+]c1ccc(-n2c3ccccc3c3ccccc32)c(-c2ccc3sc4c(ccc5c6ccccc6sc54)c3c2)c1. The molecule has 0 N–H and O–H groups in total. The molecular weight excluding hydrogens is 537 g/mol. The zero-order valence-electron chi connectivity index (χ0n) is 21.8. The normalized spacial score (nSPS) is 11.9. The molecule has 0 spiro atoms. The fourth-order valence-corrected chi connectivity index (χ4v) is 8.91. The summed E-state index contributed by atoms with van der Waals surface area (Å²) in [4.78, 5) is 3.81. The maximum atomic E-state index is 7.77. The third kappa shape index (κ3) is 3.22. The van der Waals surface area contributed by atoms with Gasteiger partial charge in [0.05, 0.1) is 32.7 Å². The van der Waals surface area contributed by atoms with E-state index in [0.717, 1.165) is 16.8 Å². The van der Waals surface area contributed by atoms with Gasteiger partial charge in [0.1, 0.15) is 0 Å². The van der Waals surface area contributed by atoms with Gasteiger partial charge >= 0.3 is 0 Å². The highest BCUT2D eigenvalue weighted by Crippen LogP contribution is 2.46. The summed E-state index contributed by atoms with van der Waals surface area (Å²) in [6, 6.07) is 43.4. The van der Waals surface area contributed by atoms with Crippen molar-refractivity contribution in [1.29, 1.82) is 0 Å². The molecule has 9 aromatic rings. The van der Waals surface area contributed by atoms with Gasteiger partial charge in [0, 0.05) is 41.7 Å². The first-order valence-corrected chi connectivity index (χ1v) is 15.2. The second kappa shape index (κ2) is 8.52. The first-order valence-electron chi connectivity index (χ1n) is 13.6. The second-order valence-corrected chi connectivity index (χ2v) is 12.5. The lowest BCUT2D eigenvalue weighted by Crippen LogP contribution is -1.97. The largest absolute Gasteiger partial charge is 0.309 e. The zero-order chi connectivity index (χ0) is 27.1. The van der Waals surface area contributed by atoms with E-state index in [0.29, 0.717) is 5.69 Å². The summed E-state index contributed by atoms with van der Waals surface area (Å²) in [7, 11) is 0. The Bertz CT molecular complexity index is 2500. The molecule has 0 aliphatic carbocycles. The molecule has 0 amide bonds. The van der Waals surface area contributed by atoms with Gasteiger partial charge in [-0.3, -0.25) is 0 Å². The van der Waals surface area contributed by atoms with E-state index >= 15 is 0 Å². The summed E-state index contributed by atoms with van der Waals surface area (Å²) in [6.45, 7) is 7.77. The molecule has 0 atom stereocenters. The van der Waals surface area contributed by atoms with Crippen molar-refractivity contribution in [3.63, 3.8) is 0 Å². The highest BCUT2D eigenvalue weighted by molar-refractivity contribution is 7.33. The number of thiophene rings is 2. The maximum Gasteiger partial charge on any atom is 0.188 e. The second-order valence-electron chi connectivity index (χ2n) is 10.4. The van der Waals surface area contributed by atoms with E-state index in [-0.39, 0.29) is 0 Å². The molecule has 0 aliphatic heterocycles. The smallest absolute Gasteiger partial charge is 0.188 e. The van der Waals surface area contributed by atoms with Gasteiger partial charge in [0.2, 0.25) is 0 Å². The molecule has 0 saturated carbocycles. The van der Waals surface area contributed by atoms with E-state index in [1.54, 1.807) is 0 Å². The van der Waals surface area contributed by atoms with Gasteiger partial charge in [-0.25, -0.2) is 4.85 Å². The Hall–Kier alpha value is -4.95. The summed E-state index contributed by atoms with van der Waals surface area (Å²) in [6.07, 6.45) is 0. The Morgan fingerprint density at radius 3 is 1.83 bits per heavy atom. The standard InChI is InChI=1S/C37H20N2S2/c1-38-23-15-18-33(39-31-11-5-2-8-24(31)25-9-3-6-12-32(25)39)29(21-23)22-14-19-35-30(20-22)28-17-16-27-26-10-4-7-13-34(26)40-36(27)37(28)41-35/h2-21H. The van der Waals surface area contributed by atoms with Crippen LogP contribution in [0.4, 0.5) is 5.69 Å². The van der Waals surface area contributed by atoms with E-state index in [1.165, 1.54) is 62.2 Å². The average molecular weight is 557 g/mol. The molecule has 0 aliphatic rings. The van der Waals surface area contributed by atoms with Crippen molar-refractivity contribution in [1.82, 2.24) is 4.57 Å². The molecule has 0 radical (unpaired) electrons. The van der Waals surface area contributed by atoms with Crippen LogP contribution in [0.5, 0.6) is 0 Å². The molecule has 3 aromatic heterocycles. The molecule has 0 fully saturated rings. The van der Waals surface area contributed by atoms with Crippen LogP contribution < -0.4 is 0 Å². The number of nitrogens with zero attached hydrogens (tertiary/aromatic N) is 2. The number of para-hydroxylation sites is 2. The van der Waals surface area contributed by atoms with Crippen LogP contribution in [0.1, 0.15) is 0 Å². The van der Waals surface area contributed by atoms with E-state index in [1.807, 2.05) is 34.8 Å². The summed E-state index contributed by atoms with van der Waals surface area (Å²) in [5.41, 5.74) is 6.25. The van der Waals surface area contributed by atoms with Gasteiger partial charge in [0.15, 0.2) is 5.69 Å². The number of rotatable bonds is 2. The van der Waals surface area contributed by atoms with Gasteiger partial charge in [0.25, 0.3) is 0 Å². The predicted octanol–water partition coefficient (Wildman–Crippen LogP) is 11.7. The van der Waals surface area contributed by atoms with Crippen molar-refractivity contribution in [2.75, 3.05) is 0 Å². The number of benzene rings is 6. The van der Waals surface area contributed by atoms with Crippen LogP contribution in [0.25, 0.3) is 83.8 Å². The van der Waals surface area contributed by atoms with Crippen LogP contribution in [-0.2, 0) is 0 Å². The fourth-order valence-electron chi connectivity index (χ4n) is 6.39. The molecule has 6 aromatic carbocycles. The van der Waals surface area contributed by atoms with Crippen LogP contribution >= 0.6 is 22.7 Å². The Morgan fingerprint density at radius 1 is 0.512 bits per heavy atom. The molecule has 0 unspecified atom stereocenters. The molecule has 2 nitrogen and oxygen atoms in total. The summed E-state index contributed by atoms with van der Waals surface area (Å²) < 4.78 is 7.69. The van der Waals surface area contributed by atoms with E-state index in [9.17, 15) is 0 Å². The van der Waals surface area contributed by atoms with Crippen LogP contribution in [0.3, 0.4) is 0 Å². The molecule has 4 heteroatoms. The van der Waals surface area contributed by atoms with Gasteiger partial charge in [-0.05, 0) is 53.6 Å². The molecule has 190 valence electrons. The quantitative estimate of drug-likeness (QED) is 0.187. The van der Waals surface area contributed by atoms with Crippen molar-refractivity contribution in [3.8, 4) is 16.8 Å². The molecule has 41 heavy (non-hydrogen) atoms. The summed E-state index contributed by atoms with van der Waals surface area (Å²) in [5.74, 6) is 0. The maximum absolute atomic E-state index is 7.77. The van der Waals surface area contributed by atoms with Gasteiger partial charge in [-0.15, -0.1) is 22.7 Å². The monoisotopic (exact) mass is 556 g/mol. The van der Waals surface area contributed by atoms with Crippen LogP contribution in [-0.4, -0.2) is 4.57 Å². The van der Waals surface area contributed by atoms with Crippen LogP contribution in [0.2, 0.25) is 0 Å². The fraction of sp³-hybridized carbons (Fsp3) is 0. The molecule has 0 saturated heterocycles. The Kier molecular flexibility index (Phi) is 4.74. The minimum Gasteiger partial charge on any atom is -0.309 e. The third-order valence-corrected chi connectivity index (χ3v) is 10.8. The number of fused-ring (bicyclic) bond motifs is 10. The topological polar surface area (TPSA) is 9.29 Å². The van der Waals surface area contributed by atoms with Crippen molar-refractivity contribution < 1.29 is 0 Å². The first kappa shape index (κ1) is 22.8. The molecule has 9 rings (SSSR count). The number of aromatic nitrogens is 1. The van der Waals surface area contributed by atoms with Gasteiger partial charge < -0.3 is 4.57 Å².